The Labute approximate surface area is 176 Å². The molecule has 0 aliphatic carbocycles. The van der Waals surface area contributed by atoms with E-state index in [4.69, 9.17) is 9.97 Å². The lowest BCUT2D eigenvalue weighted by atomic mass is 9.99. The maximum Gasteiger partial charge on any atom is 0.233 e. The van der Waals surface area contributed by atoms with Crippen molar-refractivity contribution in [2.75, 3.05) is 11.4 Å². The van der Waals surface area contributed by atoms with Crippen LogP contribution in [0.5, 0.6) is 0 Å². The number of piperidine rings is 1. The van der Waals surface area contributed by atoms with Gasteiger partial charge in [-0.25, -0.2) is 14.4 Å². The minimum atomic E-state index is -0.330. The molecule has 2 amide bonds. The summed E-state index contributed by atoms with van der Waals surface area (Å²) in [5.41, 5.74) is 2.30. The summed E-state index contributed by atoms with van der Waals surface area (Å²) < 4.78 is 13.6. The lowest BCUT2D eigenvalue weighted by Crippen LogP contribution is -2.41. The first kappa shape index (κ1) is 20.4. The van der Waals surface area contributed by atoms with Gasteiger partial charge >= 0.3 is 0 Å². The van der Waals surface area contributed by atoms with Crippen LogP contribution in [0.1, 0.15) is 61.8 Å². The van der Waals surface area contributed by atoms with Crippen LogP contribution >= 0.6 is 0 Å². The van der Waals surface area contributed by atoms with Gasteiger partial charge in [-0.05, 0) is 43.9 Å². The third kappa shape index (κ3) is 3.80. The van der Waals surface area contributed by atoms with Gasteiger partial charge in [0.2, 0.25) is 11.8 Å². The monoisotopic (exact) mass is 410 g/mol. The molecule has 1 unspecified atom stereocenters. The van der Waals surface area contributed by atoms with Gasteiger partial charge in [0.25, 0.3) is 0 Å². The van der Waals surface area contributed by atoms with Gasteiger partial charge in [-0.2, -0.15) is 0 Å². The second kappa shape index (κ2) is 8.13. The molecule has 1 aromatic carbocycles. The molecule has 6 nitrogen and oxygen atoms in total. The summed E-state index contributed by atoms with van der Waals surface area (Å²) in [6.07, 6.45) is 3.05. The van der Waals surface area contributed by atoms with Crippen LogP contribution in [-0.4, -0.2) is 33.2 Å². The summed E-state index contributed by atoms with van der Waals surface area (Å²) >= 11 is 0. The van der Waals surface area contributed by atoms with Crippen molar-refractivity contribution in [1.29, 1.82) is 0 Å². The molecule has 2 aliphatic rings. The normalized spacial score (nSPS) is 18.8. The fourth-order valence-electron chi connectivity index (χ4n) is 4.32. The summed E-state index contributed by atoms with van der Waals surface area (Å²) in [7, 11) is 0. The molecule has 0 bridgehead atoms. The molecule has 0 N–H and O–H groups in total. The summed E-state index contributed by atoms with van der Waals surface area (Å²) in [5, 5.41) is 0. The molecule has 1 atom stereocenters. The zero-order valence-corrected chi connectivity index (χ0v) is 17.7. The lowest BCUT2D eigenvalue weighted by Gasteiger charge is -2.36. The Bertz CT molecular complexity index is 991. The molecule has 7 heteroatoms. The first-order chi connectivity index (χ1) is 14.3. The number of carbonyl (C=O) groups is 2. The van der Waals surface area contributed by atoms with E-state index in [-0.39, 0.29) is 42.6 Å². The van der Waals surface area contributed by atoms with Crippen molar-refractivity contribution >= 4 is 17.6 Å². The highest BCUT2D eigenvalue weighted by molar-refractivity contribution is 6.00. The van der Waals surface area contributed by atoms with E-state index in [1.54, 1.807) is 17.0 Å². The van der Waals surface area contributed by atoms with Crippen LogP contribution in [0.4, 0.5) is 10.2 Å². The standard InChI is InChI=1S/C23H27FN4O2/c1-14(2)23(30)27-10-5-4-9-19(27)21-25-15(3)18-12-20(29)28(22(18)26-21)13-16-7-6-8-17(24)11-16/h6-8,11,14,19H,4-5,9-10,12-13H2,1-3H3. The molecular weight excluding hydrogens is 383 g/mol. The van der Waals surface area contributed by atoms with Crippen LogP contribution in [-0.2, 0) is 22.6 Å². The number of hydrogen-bond acceptors (Lipinski definition) is 4. The Balaban J connectivity index is 1.69. The number of anilines is 1. The van der Waals surface area contributed by atoms with E-state index in [1.807, 2.05) is 25.7 Å². The smallest absolute Gasteiger partial charge is 0.233 e. The van der Waals surface area contributed by atoms with Crippen molar-refractivity contribution in [3.63, 3.8) is 0 Å². The molecule has 1 aromatic heterocycles. The minimum absolute atomic E-state index is 0.0671. The average Bonchev–Trinajstić information content (AvgIpc) is 3.03. The Morgan fingerprint density at radius 2 is 2.07 bits per heavy atom. The van der Waals surface area contributed by atoms with Gasteiger partial charge in [0.1, 0.15) is 11.6 Å². The minimum Gasteiger partial charge on any atom is -0.332 e. The van der Waals surface area contributed by atoms with Crippen LogP contribution in [0.3, 0.4) is 0 Å². The van der Waals surface area contributed by atoms with Gasteiger partial charge in [-0.15, -0.1) is 0 Å². The van der Waals surface area contributed by atoms with Gasteiger partial charge in [-0.1, -0.05) is 26.0 Å². The molecule has 30 heavy (non-hydrogen) atoms. The summed E-state index contributed by atoms with van der Waals surface area (Å²) in [4.78, 5) is 38.5. The molecule has 0 spiro atoms. The summed E-state index contributed by atoms with van der Waals surface area (Å²) in [5.74, 6) is 0.807. The molecule has 3 heterocycles. The van der Waals surface area contributed by atoms with E-state index >= 15 is 0 Å². The second-order valence-corrected chi connectivity index (χ2v) is 8.45. The maximum absolute atomic E-state index is 13.6. The molecule has 2 aromatic rings. The zero-order valence-electron chi connectivity index (χ0n) is 17.7. The molecule has 0 radical (unpaired) electrons. The van der Waals surface area contributed by atoms with Crippen LogP contribution in [0.25, 0.3) is 0 Å². The Morgan fingerprint density at radius 3 is 2.80 bits per heavy atom. The van der Waals surface area contributed by atoms with Crippen molar-refractivity contribution in [2.24, 2.45) is 5.92 Å². The third-order valence-electron chi connectivity index (χ3n) is 5.90. The Morgan fingerprint density at radius 1 is 1.27 bits per heavy atom. The number of amides is 2. The number of carbonyl (C=O) groups excluding carboxylic acids is 2. The number of fused-ring (bicyclic) bond motifs is 1. The van der Waals surface area contributed by atoms with Crippen molar-refractivity contribution in [1.82, 2.24) is 14.9 Å². The molecule has 2 aliphatic heterocycles. The van der Waals surface area contributed by atoms with E-state index in [1.165, 1.54) is 12.1 Å². The lowest BCUT2D eigenvalue weighted by molar-refractivity contribution is -0.138. The van der Waals surface area contributed by atoms with E-state index < -0.39 is 0 Å². The van der Waals surface area contributed by atoms with Crippen LogP contribution in [0.15, 0.2) is 24.3 Å². The van der Waals surface area contributed by atoms with Crippen LogP contribution < -0.4 is 4.90 Å². The third-order valence-corrected chi connectivity index (χ3v) is 5.90. The quantitative estimate of drug-likeness (QED) is 0.771. The number of nitrogens with zero attached hydrogens (tertiary/aromatic N) is 4. The predicted molar refractivity (Wildman–Crippen MR) is 111 cm³/mol. The number of rotatable bonds is 4. The topological polar surface area (TPSA) is 66.4 Å². The SMILES string of the molecule is Cc1nc(C2CCCCN2C(=O)C(C)C)nc2c1CC(=O)N2Cc1cccc(F)c1. The zero-order chi connectivity index (χ0) is 21.4. The summed E-state index contributed by atoms with van der Waals surface area (Å²) in [6.45, 7) is 6.66. The highest BCUT2D eigenvalue weighted by atomic mass is 19.1. The number of benzene rings is 1. The van der Waals surface area contributed by atoms with E-state index in [0.29, 0.717) is 23.8 Å². The van der Waals surface area contributed by atoms with Gasteiger partial charge < -0.3 is 4.90 Å². The van der Waals surface area contributed by atoms with Crippen molar-refractivity contribution in [3.8, 4) is 0 Å². The number of likely N-dealkylation sites (tertiary alicyclic amines) is 1. The molecule has 158 valence electrons. The maximum atomic E-state index is 13.6. The van der Waals surface area contributed by atoms with Gasteiger partial charge in [0, 0.05) is 23.7 Å². The van der Waals surface area contributed by atoms with Crippen LogP contribution in [0.2, 0.25) is 0 Å². The molecule has 1 saturated heterocycles. The largest absolute Gasteiger partial charge is 0.332 e. The number of aryl methyl sites for hydroxylation is 1. The average molecular weight is 410 g/mol. The number of halogens is 1. The fraction of sp³-hybridized carbons (Fsp3) is 0.478. The predicted octanol–water partition coefficient (Wildman–Crippen LogP) is 3.72. The second-order valence-electron chi connectivity index (χ2n) is 8.45. The fourth-order valence-corrected chi connectivity index (χ4v) is 4.32. The summed E-state index contributed by atoms with van der Waals surface area (Å²) in [6, 6.07) is 6.08. The van der Waals surface area contributed by atoms with E-state index in [2.05, 4.69) is 0 Å². The number of aromatic nitrogens is 2. The van der Waals surface area contributed by atoms with E-state index in [0.717, 1.165) is 30.5 Å². The van der Waals surface area contributed by atoms with E-state index in [9.17, 15) is 14.0 Å². The Hall–Kier alpha value is -2.83. The Kier molecular flexibility index (Phi) is 5.54. The van der Waals surface area contributed by atoms with Crippen LogP contribution in [0, 0.1) is 18.7 Å². The van der Waals surface area contributed by atoms with Gasteiger partial charge in [0.15, 0.2) is 5.82 Å². The highest BCUT2D eigenvalue weighted by Gasteiger charge is 2.35. The van der Waals surface area contributed by atoms with Crippen molar-refractivity contribution < 1.29 is 14.0 Å². The van der Waals surface area contributed by atoms with Gasteiger partial charge in [0.05, 0.1) is 19.0 Å². The molecule has 0 saturated carbocycles. The van der Waals surface area contributed by atoms with Crippen molar-refractivity contribution in [2.45, 2.75) is 59.0 Å². The first-order valence-electron chi connectivity index (χ1n) is 10.6. The van der Waals surface area contributed by atoms with Gasteiger partial charge in [-0.3, -0.25) is 14.5 Å². The first-order valence-corrected chi connectivity index (χ1v) is 10.6. The molecule has 1 fully saturated rings. The molecular formula is C23H27FN4O2. The number of hydrogen-bond donors (Lipinski definition) is 0. The molecule has 4 rings (SSSR count). The van der Waals surface area contributed by atoms with Crippen molar-refractivity contribution in [3.05, 3.63) is 52.7 Å². The highest BCUT2D eigenvalue weighted by Crippen LogP contribution is 2.35.